The van der Waals surface area contributed by atoms with E-state index in [9.17, 15) is 24.3 Å². The Bertz CT molecular complexity index is 1030. The van der Waals surface area contributed by atoms with Crippen LogP contribution in [0, 0.1) is 0 Å². The first-order valence-electron chi connectivity index (χ1n) is 10.7. The van der Waals surface area contributed by atoms with Crippen molar-refractivity contribution in [3.05, 3.63) is 59.7 Å². The molecular formula is C24H27N3O5S. The third kappa shape index (κ3) is 6.58. The number of carbonyl (C=O) groups excluding carboxylic acids is 3. The molecule has 2 aromatic rings. The molecule has 174 valence electrons. The van der Waals surface area contributed by atoms with Gasteiger partial charge in [-0.15, -0.1) is 0 Å². The molecular weight excluding hydrogens is 442 g/mol. The molecule has 3 amide bonds. The molecule has 4 N–H and O–H groups in total. The molecule has 1 fully saturated rings. The number of thioether (sulfide) groups is 1. The first-order chi connectivity index (χ1) is 15.9. The number of amides is 3. The van der Waals surface area contributed by atoms with Crippen molar-refractivity contribution in [3.63, 3.8) is 0 Å². The van der Waals surface area contributed by atoms with Gasteiger partial charge in [0, 0.05) is 30.1 Å². The second-order valence-electron chi connectivity index (χ2n) is 7.79. The molecule has 9 heteroatoms. The number of carboxylic acid groups (broad SMARTS) is 1. The highest BCUT2D eigenvalue weighted by Gasteiger charge is 2.24. The Balaban J connectivity index is 1.83. The van der Waals surface area contributed by atoms with E-state index in [2.05, 4.69) is 16.0 Å². The number of carboxylic acids is 1. The van der Waals surface area contributed by atoms with E-state index in [-0.39, 0.29) is 23.4 Å². The van der Waals surface area contributed by atoms with E-state index in [1.807, 2.05) is 36.6 Å². The monoisotopic (exact) mass is 469 g/mol. The molecule has 1 aliphatic rings. The molecule has 3 rings (SSSR count). The topological polar surface area (TPSA) is 125 Å². The van der Waals surface area contributed by atoms with Crippen LogP contribution in [0.3, 0.4) is 0 Å². The molecule has 0 saturated carbocycles. The van der Waals surface area contributed by atoms with Crippen LogP contribution in [0.1, 0.15) is 40.0 Å². The Hall–Kier alpha value is -3.33. The Morgan fingerprint density at radius 3 is 2.55 bits per heavy atom. The van der Waals surface area contributed by atoms with E-state index in [1.165, 1.54) is 17.8 Å². The molecule has 2 atom stereocenters. The molecule has 0 spiro atoms. The summed E-state index contributed by atoms with van der Waals surface area (Å²) in [6.07, 6.45) is 3.31. The number of hydrogen-bond acceptors (Lipinski definition) is 5. The summed E-state index contributed by atoms with van der Waals surface area (Å²) >= 11 is 1.51. The third-order valence-electron chi connectivity index (χ3n) is 5.42. The van der Waals surface area contributed by atoms with Crippen LogP contribution in [0.25, 0.3) is 11.1 Å². The van der Waals surface area contributed by atoms with Crippen molar-refractivity contribution in [1.82, 2.24) is 16.0 Å². The van der Waals surface area contributed by atoms with Gasteiger partial charge in [0.1, 0.15) is 6.04 Å². The van der Waals surface area contributed by atoms with Gasteiger partial charge in [-0.05, 0) is 54.2 Å². The highest BCUT2D eigenvalue weighted by Crippen LogP contribution is 2.25. The van der Waals surface area contributed by atoms with Crippen molar-refractivity contribution in [2.45, 2.75) is 31.3 Å². The van der Waals surface area contributed by atoms with Crippen molar-refractivity contribution in [2.75, 3.05) is 18.6 Å². The van der Waals surface area contributed by atoms with Crippen molar-refractivity contribution < 1.29 is 24.3 Å². The fraction of sp³-hybridized carbons (Fsp3) is 0.333. The van der Waals surface area contributed by atoms with Gasteiger partial charge in [0.05, 0.1) is 0 Å². The maximum atomic E-state index is 13.0. The maximum Gasteiger partial charge on any atom is 0.326 e. The molecule has 1 heterocycles. The summed E-state index contributed by atoms with van der Waals surface area (Å²) in [6.45, 7) is 0.323. The maximum absolute atomic E-state index is 13.0. The van der Waals surface area contributed by atoms with Crippen LogP contribution >= 0.6 is 11.8 Å². The molecule has 8 nitrogen and oxygen atoms in total. The van der Waals surface area contributed by atoms with Crippen LogP contribution in [-0.4, -0.2) is 59.4 Å². The summed E-state index contributed by atoms with van der Waals surface area (Å²) < 4.78 is 0. The molecule has 1 saturated heterocycles. The smallest absolute Gasteiger partial charge is 0.326 e. The molecule has 0 bridgehead atoms. The van der Waals surface area contributed by atoms with E-state index in [0.717, 1.165) is 5.56 Å². The second kappa shape index (κ2) is 11.5. The summed E-state index contributed by atoms with van der Waals surface area (Å²) in [5, 5.41) is 17.7. The minimum atomic E-state index is -1.09. The van der Waals surface area contributed by atoms with E-state index < -0.39 is 17.9 Å². The minimum Gasteiger partial charge on any atom is -0.480 e. The average Bonchev–Trinajstić information content (AvgIpc) is 3.25. The lowest BCUT2D eigenvalue weighted by molar-refractivity contribution is -0.139. The molecule has 0 aromatic heterocycles. The molecule has 0 unspecified atom stereocenters. The molecule has 0 radical (unpaired) electrons. The number of carbonyl (C=O) groups is 4. The number of rotatable bonds is 10. The van der Waals surface area contributed by atoms with Crippen molar-refractivity contribution in [1.29, 1.82) is 0 Å². The fourth-order valence-electron chi connectivity index (χ4n) is 3.62. The summed E-state index contributed by atoms with van der Waals surface area (Å²) in [5.41, 5.74) is 1.92. The van der Waals surface area contributed by atoms with Crippen molar-refractivity contribution >= 4 is 35.5 Å². The predicted octanol–water partition coefficient (Wildman–Crippen LogP) is 2.30. The predicted molar refractivity (Wildman–Crippen MR) is 127 cm³/mol. The number of aliphatic carboxylic acids is 1. The second-order valence-corrected chi connectivity index (χ2v) is 8.77. The summed E-state index contributed by atoms with van der Waals surface area (Å²) in [5.74, 6) is -1.34. The highest BCUT2D eigenvalue weighted by molar-refractivity contribution is 7.98. The van der Waals surface area contributed by atoms with Crippen LogP contribution in [0.4, 0.5) is 0 Å². The average molecular weight is 470 g/mol. The van der Waals surface area contributed by atoms with Crippen LogP contribution in [0.15, 0.2) is 48.5 Å². The van der Waals surface area contributed by atoms with Crippen LogP contribution < -0.4 is 16.0 Å². The van der Waals surface area contributed by atoms with Gasteiger partial charge in [-0.25, -0.2) is 4.79 Å². The van der Waals surface area contributed by atoms with Crippen molar-refractivity contribution in [3.8, 4) is 11.1 Å². The molecule has 0 aliphatic carbocycles. The van der Waals surface area contributed by atoms with Crippen LogP contribution in [0.2, 0.25) is 0 Å². The lowest BCUT2D eigenvalue weighted by Gasteiger charge is -2.17. The normalized spacial score (nSPS) is 16.0. The quantitative estimate of drug-likeness (QED) is 0.423. The first-order valence-corrected chi connectivity index (χ1v) is 12.1. The van der Waals surface area contributed by atoms with Gasteiger partial charge in [-0.3, -0.25) is 14.4 Å². The van der Waals surface area contributed by atoms with Gasteiger partial charge in [-0.2, -0.15) is 11.8 Å². The zero-order chi connectivity index (χ0) is 23.8. The standard InChI is InChI=1S/C24H27N3O5S/c1-33-12-11-20(24(31)32)27-23(30)18-9-7-16(13-19(18)15-5-3-2-4-6-15)22(29)25-14-17-8-10-21(28)26-17/h2-7,9,13,17,20H,8,10-12,14H2,1H3,(H,25,29)(H,26,28)(H,27,30)(H,31,32)/t17-,20-/m0/s1. The largest absolute Gasteiger partial charge is 0.480 e. The number of hydrogen-bond donors (Lipinski definition) is 4. The summed E-state index contributed by atoms with van der Waals surface area (Å²) in [6, 6.07) is 12.8. The Morgan fingerprint density at radius 1 is 1.15 bits per heavy atom. The van der Waals surface area contributed by atoms with Gasteiger partial charge < -0.3 is 21.1 Å². The van der Waals surface area contributed by atoms with Crippen molar-refractivity contribution in [2.24, 2.45) is 0 Å². The van der Waals surface area contributed by atoms with Gasteiger partial charge in [0.2, 0.25) is 5.91 Å². The summed E-state index contributed by atoms with van der Waals surface area (Å²) in [4.78, 5) is 48.7. The number of nitrogens with one attached hydrogen (secondary N) is 3. The van der Waals surface area contributed by atoms with E-state index in [0.29, 0.717) is 42.7 Å². The molecule has 1 aliphatic heterocycles. The number of benzene rings is 2. The zero-order valence-electron chi connectivity index (χ0n) is 18.3. The lowest BCUT2D eigenvalue weighted by Crippen LogP contribution is -2.41. The first kappa shape index (κ1) is 24.3. The van der Waals surface area contributed by atoms with Crippen LogP contribution in [-0.2, 0) is 9.59 Å². The lowest BCUT2D eigenvalue weighted by atomic mass is 9.96. The molecule has 33 heavy (non-hydrogen) atoms. The third-order valence-corrected chi connectivity index (χ3v) is 6.06. The van der Waals surface area contributed by atoms with E-state index in [4.69, 9.17) is 0 Å². The zero-order valence-corrected chi connectivity index (χ0v) is 19.1. The highest BCUT2D eigenvalue weighted by atomic mass is 32.2. The van der Waals surface area contributed by atoms with Gasteiger partial charge in [-0.1, -0.05) is 30.3 Å². The van der Waals surface area contributed by atoms with E-state index in [1.54, 1.807) is 12.1 Å². The van der Waals surface area contributed by atoms with E-state index >= 15 is 0 Å². The Kier molecular flexibility index (Phi) is 8.48. The van der Waals surface area contributed by atoms with Gasteiger partial charge in [0.25, 0.3) is 11.8 Å². The molecule has 2 aromatic carbocycles. The SMILES string of the molecule is CSCC[C@H](NC(=O)c1ccc(C(=O)NC[C@@H]2CCC(=O)N2)cc1-c1ccccc1)C(=O)O. The Labute approximate surface area is 196 Å². The van der Waals surface area contributed by atoms with Crippen LogP contribution in [0.5, 0.6) is 0 Å². The Morgan fingerprint density at radius 2 is 1.91 bits per heavy atom. The van der Waals surface area contributed by atoms with Gasteiger partial charge >= 0.3 is 5.97 Å². The van der Waals surface area contributed by atoms with Gasteiger partial charge in [0.15, 0.2) is 0 Å². The fourth-order valence-corrected chi connectivity index (χ4v) is 4.09. The minimum absolute atomic E-state index is 0.0202. The summed E-state index contributed by atoms with van der Waals surface area (Å²) in [7, 11) is 0.